The summed E-state index contributed by atoms with van der Waals surface area (Å²) in [6.07, 6.45) is 0. The third-order valence-electron chi connectivity index (χ3n) is 2.75. The summed E-state index contributed by atoms with van der Waals surface area (Å²) in [5, 5.41) is 2.99. The standard InChI is InChI=1S/C13H22N4O3S/c1-10(9-20-3)17-13(14)16-8-11-4-6-12(7-5-11)21(18,19)15-2/h4-7,10,15H,8-9H2,1-3H3,(H3,14,16,17). The largest absolute Gasteiger partial charge is 0.383 e. The van der Waals surface area contributed by atoms with Gasteiger partial charge in [-0.25, -0.2) is 18.1 Å². The Balaban J connectivity index is 2.64. The summed E-state index contributed by atoms with van der Waals surface area (Å²) < 4.78 is 30.4. The molecule has 0 bridgehead atoms. The molecule has 0 saturated carbocycles. The highest BCUT2D eigenvalue weighted by Gasteiger charge is 2.10. The summed E-state index contributed by atoms with van der Waals surface area (Å²) in [5.41, 5.74) is 6.62. The molecule has 0 saturated heterocycles. The molecule has 0 heterocycles. The van der Waals surface area contributed by atoms with Gasteiger partial charge in [0.15, 0.2) is 5.96 Å². The minimum atomic E-state index is -3.41. The molecule has 1 aromatic carbocycles. The molecule has 1 atom stereocenters. The molecule has 0 fully saturated rings. The number of rotatable bonds is 7. The van der Waals surface area contributed by atoms with Gasteiger partial charge in [-0.1, -0.05) is 12.1 Å². The molecule has 118 valence electrons. The number of nitrogens with zero attached hydrogens (tertiary/aromatic N) is 1. The molecule has 8 heteroatoms. The van der Waals surface area contributed by atoms with Gasteiger partial charge in [0, 0.05) is 13.2 Å². The first-order valence-electron chi connectivity index (χ1n) is 6.47. The number of ether oxygens (including phenoxy) is 1. The minimum absolute atomic E-state index is 0.0712. The predicted molar refractivity (Wildman–Crippen MR) is 82.5 cm³/mol. The highest BCUT2D eigenvalue weighted by Crippen LogP contribution is 2.10. The van der Waals surface area contributed by atoms with Crippen LogP contribution in [0.15, 0.2) is 34.2 Å². The number of aliphatic imine (C=N–C) groups is 1. The van der Waals surface area contributed by atoms with Gasteiger partial charge in [-0.2, -0.15) is 0 Å². The van der Waals surface area contributed by atoms with E-state index in [9.17, 15) is 8.42 Å². The Morgan fingerprint density at radius 1 is 1.38 bits per heavy atom. The van der Waals surface area contributed by atoms with Crippen molar-refractivity contribution in [2.24, 2.45) is 10.7 Å². The summed E-state index contributed by atoms with van der Waals surface area (Å²) in [5.74, 6) is 0.325. The number of hydrogen-bond acceptors (Lipinski definition) is 4. The number of benzene rings is 1. The summed E-state index contributed by atoms with van der Waals surface area (Å²) in [4.78, 5) is 4.41. The molecule has 0 spiro atoms. The van der Waals surface area contributed by atoms with Crippen molar-refractivity contribution < 1.29 is 13.2 Å². The average Bonchev–Trinajstić information content (AvgIpc) is 2.45. The maximum Gasteiger partial charge on any atom is 0.240 e. The first-order chi connectivity index (χ1) is 9.89. The van der Waals surface area contributed by atoms with Crippen molar-refractivity contribution in [2.75, 3.05) is 20.8 Å². The van der Waals surface area contributed by atoms with Crippen LogP contribution < -0.4 is 15.8 Å². The van der Waals surface area contributed by atoms with Crippen molar-refractivity contribution in [3.05, 3.63) is 29.8 Å². The van der Waals surface area contributed by atoms with E-state index in [2.05, 4.69) is 15.0 Å². The van der Waals surface area contributed by atoms with E-state index in [-0.39, 0.29) is 10.9 Å². The molecule has 7 nitrogen and oxygen atoms in total. The third kappa shape index (κ3) is 5.70. The Bertz CT molecular complexity index is 570. The number of nitrogens with one attached hydrogen (secondary N) is 2. The SMILES string of the molecule is CNS(=O)(=O)c1ccc(CN=C(N)NC(C)COC)cc1. The monoisotopic (exact) mass is 314 g/mol. The van der Waals surface area contributed by atoms with Gasteiger partial charge in [-0.15, -0.1) is 0 Å². The van der Waals surface area contributed by atoms with Crippen molar-refractivity contribution in [1.82, 2.24) is 10.0 Å². The van der Waals surface area contributed by atoms with Crippen LogP contribution in [0.5, 0.6) is 0 Å². The number of hydrogen-bond donors (Lipinski definition) is 3. The zero-order chi connectivity index (χ0) is 15.9. The molecule has 0 amide bonds. The van der Waals surface area contributed by atoms with E-state index >= 15 is 0 Å². The smallest absolute Gasteiger partial charge is 0.240 e. The van der Waals surface area contributed by atoms with Crippen LogP contribution in [0.4, 0.5) is 0 Å². The lowest BCUT2D eigenvalue weighted by Gasteiger charge is -2.13. The maximum absolute atomic E-state index is 11.6. The fraction of sp³-hybridized carbons (Fsp3) is 0.462. The first kappa shape index (κ1) is 17.4. The van der Waals surface area contributed by atoms with Gasteiger partial charge in [0.05, 0.1) is 18.0 Å². The van der Waals surface area contributed by atoms with Crippen LogP contribution in [0.1, 0.15) is 12.5 Å². The van der Waals surface area contributed by atoms with Gasteiger partial charge in [0.25, 0.3) is 0 Å². The van der Waals surface area contributed by atoms with Gasteiger partial charge in [-0.3, -0.25) is 0 Å². The second-order valence-corrected chi connectivity index (χ2v) is 6.44. The molecule has 0 aliphatic carbocycles. The second-order valence-electron chi connectivity index (χ2n) is 4.55. The van der Waals surface area contributed by atoms with E-state index in [1.54, 1.807) is 19.2 Å². The summed E-state index contributed by atoms with van der Waals surface area (Å²) in [7, 11) is -0.412. The van der Waals surface area contributed by atoms with E-state index in [1.807, 2.05) is 6.92 Å². The van der Waals surface area contributed by atoms with Crippen LogP contribution in [0, 0.1) is 0 Å². The van der Waals surface area contributed by atoms with Crippen LogP contribution in [0.3, 0.4) is 0 Å². The topological polar surface area (TPSA) is 106 Å². The van der Waals surface area contributed by atoms with Gasteiger partial charge in [0.2, 0.25) is 10.0 Å². The molecule has 0 aliphatic rings. The number of methoxy groups -OCH3 is 1. The van der Waals surface area contributed by atoms with Crippen LogP contribution in [-0.4, -0.2) is 41.2 Å². The van der Waals surface area contributed by atoms with Crippen molar-refractivity contribution >= 4 is 16.0 Å². The van der Waals surface area contributed by atoms with Crippen molar-refractivity contribution in [1.29, 1.82) is 0 Å². The highest BCUT2D eigenvalue weighted by atomic mass is 32.2. The van der Waals surface area contributed by atoms with E-state index in [1.165, 1.54) is 19.2 Å². The summed E-state index contributed by atoms with van der Waals surface area (Å²) in [6, 6.07) is 6.56. The fourth-order valence-electron chi connectivity index (χ4n) is 1.66. The number of nitrogens with two attached hydrogens (primary N) is 1. The normalized spacial score (nSPS) is 14.0. The van der Waals surface area contributed by atoms with Crippen LogP contribution in [0.2, 0.25) is 0 Å². The Morgan fingerprint density at radius 3 is 2.52 bits per heavy atom. The quantitative estimate of drug-likeness (QED) is 0.486. The van der Waals surface area contributed by atoms with Crippen molar-refractivity contribution in [2.45, 2.75) is 24.4 Å². The lowest BCUT2D eigenvalue weighted by atomic mass is 10.2. The Labute approximate surface area is 125 Å². The second kappa shape index (κ2) is 7.96. The molecule has 0 radical (unpaired) electrons. The lowest BCUT2D eigenvalue weighted by Crippen LogP contribution is -2.40. The molecular formula is C13H22N4O3S. The Kier molecular flexibility index (Phi) is 6.60. The summed E-state index contributed by atoms with van der Waals surface area (Å²) >= 11 is 0. The van der Waals surface area contributed by atoms with Gasteiger partial charge < -0.3 is 15.8 Å². The van der Waals surface area contributed by atoms with Gasteiger partial charge in [0.1, 0.15) is 0 Å². The predicted octanol–water partition coefficient (Wildman–Crippen LogP) is 0.0339. The zero-order valence-electron chi connectivity index (χ0n) is 12.5. The van der Waals surface area contributed by atoms with E-state index in [4.69, 9.17) is 10.5 Å². The average molecular weight is 314 g/mol. The van der Waals surface area contributed by atoms with Crippen molar-refractivity contribution in [3.63, 3.8) is 0 Å². The van der Waals surface area contributed by atoms with E-state index in [0.717, 1.165) is 5.56 Å². The molecule has 1 rings (SSSR count). The third-order valence-corrected chi connectivity index (χ3v) is 4.18. The lowest BCUT2D eigenvalue weighted by molar-refractivity contribution is 0.179. The molecular weight excluding hydrogens is 292 g/mol. The highest BCUT2D eigenvalue weighted by molar-refractivity contribution is 7.89. The van der Waals surface area contributed by atoms with Crippen LogP contribution in [0.25, 0.3) is 0 Å². The van der Waals surface area contributed by atoms with Crippen LogP contribution in [-0.2, 0) is 21.3 Å². The van der Waals surface area contributed by atoms with Gasteiger partial charge >= 0.3 is 0 Å². The zero-order valence-corrected chi connectivity index (χ0v) is 13.3. The van der Waals surface area contributed by atoms with E-state index in [0.29, 0.717) is 19.1 Å². The molecule has 4 N–H and O–H groups in total. The molecule has 1 unspecified atom stereocenters. The Hall–Kier alpha value is -1.64. The maximum atomic E-state index is 11.6. The van der Waals surface area contributed by atoms with E-state index < -0.39 is 10.0 Å². The molecule has 21 heavy (non-hydrogen) atoms. The number of guanidine groups is 1. The van der Waals surface area contributed by atoms with Crippen molar-refractivity contribution in [3.8, 4) is 0 Å². The van der Waals surface area contributed by atoms with Gasteiger partial charge in [-0.05, 0) is 31.7 Å². The molecule has 0 aromatic heterocycles. The van der Waals surface area contributed by atoms with Crippen LogP contribution >= 0.6 is 0 Å². The Morgan fingerprint density at radius 2 is 2.00 bits per heavy atom. The minimum Gasteiger partial charge on any atom is -0.383 e. The summed E-state index contributed by atoms with van der Waals surface area (Å²) in [6.45, 7) is 2.84. The first-order valence-corrected chi connectivity index (χ1v) is 7.95. The molecule has 1 aromatic rings. The molecule has 0 aliphatic heterocycles. The fourth-order valence-corrected chi connectivity index (χ4v) is 2.39. The number of sulfonamides is 1.